The monoisotopic (exact) mass is 415 g/mol. The number of carbonyl (C=O) groups excluding carboxylic acids is 1. The van der Waals surface area contributed by atoms with Gasteiger partial charge >= 0.3 is 5.97 Å². The third-order valence-electron chi connectivity index (χ3n) is 5.79. The van der Waals surface area contributed by atoms with Crippen LogP contribution < -0.4 is 5.32 Å². The van der Waals surface area contributed by atoms with E-state index in [4.69, 9.17) is 9.73 Å². The molecule has 2 aromatic carbocycles. The first-order chi connectivity index (χ1) is 15.2. The van der Waals surface area contributed by atoms with Crippen molar-refractivity contribution in [3.8, 4) is 0 Å². The predicted octanol–water partition coefficient (Wildman–Crippen LogP) is 3.35. The number of benzene rings is 2. The van der Waals surface area contributed by atoms with Gasteiger partial charge in [0.25, 0.3) is 0 Å². The number of nitrogens with zero attached hydrogens (tertiary/aromatic N) is 4. The summed E-state index contributed by atoms with van der Waals surface area (Å²) in [6, 6.07) is 13.2. The van der Waals surface area contributed by atoms with Crippen molar-refractivity contribution in [2.45, 2.75) is 25.0 Å². The second-order valence-corrected chi connectivity index (χ2v) is 7.54. The molecule has 0 fully saturated rings. The van der Waals surface area contributed by atoms with E-state index in [0.717, 1.165) is 46.8 Å². The number of anilines is 1. The average molecular weight is 415 g/mol. The Labute approximate surface area is 179 Å². The van der Waals surface area contributed by atoms with Crippen molar-refractivity contribution in [2.24, 2.45) is 15.1 Å². The largest absolute Gasteiger partial charge is 0.465 e. The first kappa shape index (κ1) is 19.0. The van der Waals surface area contributed by atoms with E-state index < -0.39 is 0 Å². The molecule has 0 spiro atoms. The molecule has 2 aromatic rings. The summed E-state index contributed by atoms with van der Waals surface area (Å²) in [5, 5.41) is 16.2. The molecule has 0 amide bonds. The Morgan fingerprint density at radius 1 is 1.23 bits per heavy atom. The van der Waals surface area contributed by atoms with Gasteiger partial charge in [0.1, 0.15) is 18.0 Å². The Morgan fingerprint density at radius 2 is 2.06 bits per heavy atom. The SMILES string of the molecule is COC(=O)c1ccc(C2N=C3C=NC=CN3C2Nc2ccc3c(c2)CC/C3=N\O)cc1. The smallest absolute Gasteiger partial charge is 0.337 e. The van der Waals surface area contributed by atoms with Gasteiger partial charge in [-0.15, -0.1) is 0 Å². The zero-order chi connectivity index (χ0) is 21.4. The van der Waals surface area contributed by atoms with E-state index in [9.17, 15) is 10.0 Å². The molecule has 156 valence electrons. The number of fused-ring (bicyclic) bond motifs is 2. The lowest BCUT2D eigenvalue weighted by molar-refractivity contribution is 0.0600. The van der Waals surface area contributed by atoms with Gasteiger partial charge in [-0.1, -0.05) is 23.4 Å². The van der Waals surface area contributed by atoms with Crippen LogP contribution in [0.25, 0.3) is 0 Å². The number of ether oxygens (including phenoxy) is 1. The number of carbonyl (C=O) groups is 1. The molecule has 8 nitrogen and oxygen atoms in total. The van der Waals surface area contributed by atoms with Crippen LogP contribution in [0.4, 0.5) is 5.69 Å². The van der Waals surface area contributed by atoms with Crippen molar-refractivity contribution in [3.05, 3.63) is 77.1 Å². The minimum absolute atomic E-state index is 0.160. The molecule has 8 heteroatoms. The number of aryl methyl sites for hydroxylation is 1. The summed E-state index contributed by atoms with van der Waals surface area (Å²) in [5.74, 6) is 0.410. The Kier molecular flexibility index (Phi) is 4.74. The van der Waals surface area contributed by atoms with E-state index >= 15 is 0 Å². The van der Waals surface area contributed by atoms with Gasteiger partial charge in [-0.3, -0.25) is 9.98 Å². The fraction of sp³-hybridized carbons (Fsp3) is 0.217. The summed E-state index contributed by atoms with van der Waals surface area (Å²) in [5.41, 5.74) is 5.33. The molecule has 0 saturated carbocycles. The minimum atomic E-state index is -0.365. The molecule has 2 heterocycles. The predicted molar refractivity (Wildman–Crippen MR) is 118 cm³/mol. The van der Waals surface area contributed by atoms with Crippen molar-refractivity contribution >= 4 is 29.4 Å². The lowest BCUT2D eigenvalue weighted by atomic mass is 10.0. The summed E-state index contributed by atoms with van der Waals surface area (Å²) in [6.45, 7) is 0. The number of esters is 1. The van der Waals surface area contributed by atoms with Gasteiger partial charge in [0.2, 0.25) is 0 Å². The van der Waals surface area contributed by atoms with E-state index in [1.807, 2.05) is 30.5 Å². The van der Waals surface area contributed by atoms with Crippen LogP contribution in [-0.2, 0) is 11.2 Å². The fourth-order valence-electron chi connectivity index (χ4n) is 4.24. The maximum Gasteiger partial charge on any atom is 0.337 e. The third kappa shape index (κ3) is 3.35. The van der Waals surface area contributed by atoms with Crippen molar-refractivity contribution in [2.75, 3.05) is 12.4 Å². The lowest BCUT2D eigenvalue weighted by Gasteiger charge is -2.29. The highest BCUT2D eigenvalue weighted by molar-refractivity contribution is 6.31. The third-order valence-corrected chi connectivity index (χ3v) is 5.79. The van der Waals surface area contributed by atoms with Gasteiger partial charge in [0, 0.05) is 23.7 Å². The number of hydrogen-bond donors (Lipinski definition) is 2. The summed E-state index contributed by atoms with van der Waals surface area (Å²) in [6.07, 6.45) is 6.82. The van der Waals surface area contributed by atoms with Gasteiger partial charge in [-0.2, -0.15) is 0 Å². The second-order valence-electron chi connectivity index (χ2n) is 7.54. The number of methoxy groups -OCH3 is 1. The minimum Gasteiger partial charge on any atom is -0.465 e. The van der Waals surface area contributed by atoms with Crippen LogP contribution in [0, 0.1) is 0 Å². The van der Waals surface area contributed by atoms with Gasteiger partial charge in [0.15, 0.2) is 0 Å². The standard InChI is InChI=1S/C23H21N5O3/c1-31-23(29)15-4-2-14(3-5-15)21-22(28-11-10-24-13-20(28)26-21)25-17-7-8-18-16(12-17)6-9-19(18)27-30/h2-5,7-8,10-13,21-22,25,30H,6,9H2,1H3/b27-19+. The molecule has 0 radical (unpaired) electrons. The van der Waals surface area contributed by atoms with E-state index in [1.54, 1.807) is 24.5 Å². The maximum atomic E-state index is 11.8. The normalized spacial score (nSPS) is 22.3. The molecule has 1 aliphatic carbocycles. The van der Waals surface area contributed by atoms with E-state index in [-0.39, 0.29) is 18.2 Å². The van der Waals surface area contributed by atoms with Crippen LogP contribution in [0.3, 0.4) is 0 Å². The zero-order valence-corrected chi connectivity index (χ0v) is 16.9. The molecule has 0 aromatic heterocycles. The molecule has 31 heavy (non-hydrogen) atoms. The topological polar surface area (TPSA) is 98.9 Å². The van der Waals surface area contributed by atoms with Crippen LogP contribution in [-0.4, -0.2) is 47.1 Å². The fourth-order valence-corrected chi connectivity index (χ4v) is 4.24. The van der Waals surface area contributed by atoms with Gasteiger partial charge < -0.3 is 20.2 Å². The van der Waals surface area contributed by atoms with Crippen molar-refractivity contribution in [1.82, 2.24) is 4.90 Å². The Morgan fingerprint density at radius 3 is 2.84 bits per heavy atom. The number of oxime groups is 1. The van der Waals surface area contributed by atoms with Crippen LogP contribution in [0.2, 0.25) is 0 Å². The van der Waals surface area contributed by atoms with Crippen molar-refractivity contribution in [3.63, 3.8) is 0 Å². The van der Waals surface area contributed by atoms with Gasteiger partial charge in [-0.05, 0) is 48.2 Å². The van der Waals surface area contributed by atoms with Gasteiger partial charge in [-0.25, -0.2) is 4.79 Å². The van der Waals surface area contributed by atoms with Crippen LogP contribution in [0.15, 0.2) is 70.0 Å². The van der Waals surface area contributed by atoms with Gasteiger partial charge in [0.05, 0.1) is 24.6 Å². The number of nitrogens with one attached hydrogen (secondary N) is 1. The van der Waals surface area contributed by atoms with E-state index in [2.05, 4.69) is 26.4 Å². The molecule has 0 bridgehead atoms. The Bertz CT molecular complexity index is 1150. The van der Waals surface area contributed by atoms with E-state index in [1.165, 1.54) is 7.11 Å². The summed E-state index contributed by atoms with van der Waals surface area (Å²) < 4.78 is 4.79. The highest BCUT2D eigenvalue weighted by Crippen LogP contribution is 2.34. The summed E-state index contributed by atoms with van der Waals surface area (Å²) in [4.78, 5) is 22.9. The molecule has 2 N–H and O–H groups in total. The van der Waals surface area contributed by atoms with Crippen molar-refractivity contribution < 1.29 is 14.7 Å². The average Bonchev–Trinajstić information content (AvgIpc) is 3.40. The van der Waals surface area contributed by atoms with Crippen molar-refractivity contribution in [1.29, 1.82) is 0 Å². The van der Waals surface area contributed by atoms with Crippen LogP contribution in [0.5, 0.6) is 0 Å². The zero-order valence-electron chi connectivity index (χ0n) is 16.9. The first-order valence-corrected chi connectivity index (χ1v) is 10.0. The molecule has 2 atom stereocenters. The highest BCUT2D eigenvalue weighted by Gasteiger charge is 2.36. The molecule has 2 unspecified atom stereocenters. The van der Waals surface area contributed by atoms with Crippen LogP contribution in [0.1, 0.15) is 39.5 Å². The number of rotatable bonds is 4. The first-order valence-electron chi connectivity index (χ1n) is 10.0. The maximum absolute atomic E-state index is 11.8. The quantitative estimate of drug-likeness (QED) is 0.453. The summed E-state index contributed by atoms with van der Waals surface area (Å²) in [7, 11) is 1.37. The Hall–Kier alpha value is -3.94. The highest BCUT2D eigenvalue weighted by atomic mass is 16.5. The Balaban J connectivity index is 1.45. The molecule has 3 aliphatic rings. The molecule has 5 rings (SSSR count). The number of aliphatic imine (C=N–C) groups is 2. The lowest BCUT2D eigenvalue weighted by Crippen LogP contribution is -2.40. The number of amidine groups is 1. The molecule has 0 saturated heterocycles. The molecule has 2 aliphatic heterocycles. The van der Waals surface area contributed by atoms with E-state index in [0.29, 0.717) is 5.56 Å². The second kappa shape index (κ2) is 7.71. The summed E-state index contributed by atoms with van der Waals surface area (Å²) >= 11 is 0. The molecular weight excluding hydrogens is 394 g/mol. The van der Waals surface area contributed by atoms with Crippen LogP contribution >= 0.6 is 0 Å². The molecular formula is C23H21N5O3. The number of hydrogen-bond acceptors (Lipinski definition) is 8.